The molecule has 1 aliphatic heterocycles. The molecule has 0 aliphatic carbocycles. The zero-order chi connectivity index (χ0) is 38.3. The van der Waals surface area contributed by atoms with Crippen molar-refractivity contribution in [3.63, 3.8) is 0 Å². The molecule has 0 radical (unpaired) electrons. The van der Waals surface area contributed by atoms with E-state index in [9.17, 15) is 27.6 Å². The van der Waals surface area contributed by atoms with Gasteiger partial charge in [-0.2, -0.15) is 9.40 Å². The molecule has 0 fully saturated rings. The number of hydrogen-bond donors (Lipinski definition) is 4. The molecule has 1 aromatic heterocycles. The third-order valence-electron chi connectivity index (χ3n) is 8.91. The van der Waals surface area contributed by atoms with Crippen molar-refractivity contribution in [3.8, 4) is 17.1 Å². The van der Waals surface area contributed by atoms with Gasteiger partial charge in [-0.05, 0) is 76.1 Å². The third kappa shape index (κ3) is 9.53. The SMILES string of the molecule is COc1cc(C)c(S(=O)(=O)N2CCCNC(=O)Cn3nc(-c4ccccc4)nc3[C@H](C)NC(=O)[C@@H](CC(C)C)NC(=O)[C@@H](C)NC(=O)C2)c(C)c1C. The molecule has 3 atom stereocenters. The highest BCUT2D eigenvalue weighted by Gasteiger charge is 2.33. The second-order valence-corrected chi connectivity index (χ2v) is 15.4. The lowest BCUT2D eigenvalue weighted by Gasteiger charge is -2.26. The lowest BCUT2D eigenvalue weighted by molar-refractivity contribution is -0.132. The van der Waals surface area contributed by atoms with Crippen molar-refractivity contribution in [2.24, 2.45) is 5.92 Å². The van der Waals surface area contributed by atoms with E-state index in [4.69, 9.17) is 4.74 Å². The van der Waals surface area contributed by atoms with Gasteiger partial charge in [0, 0.05) is 18.7 Å². The Morgan fingerprint density at radius 2 is 1.60 bits per heavy atom. The molecule has 0 spiro atoms. The number of carbonyl (C=O) groups is 4. The number of hydrogen-bond acceptors (Lipinski definition) is 9. The molecule has 52 heavy (non-hydrogen) atoms. The summed E-state index contributed by atoms with van der Waals surface area (Å²) in [6.07, 6.45) is 0.464. The number of fused-ring (bicyclic) bond motifs is 1. The van der Waals surface area contributed by atoms with Crippen molar-refractivity contribution in [3.05, 3.63) is 58.9 Å². The maximum Gasteiger partial charge on any atom is 0.244 e. The van der Waals surface area contributed by atoms with Gasteiger partial charge >= 0.3 is 0 Å². The first-order valence-electron chi connectivity index (χ1n) is 17.3. The minimum Gasteiger partial charge on any atom is -0.496 e. The van der Waals surface area contributed by atoms with Gasteiger partial charge in [0.15, 0.2) is 5.82 Å². The summed E-state index contributed by atoms with van der Waals surface area (Å²) in [4.78, 5) is 58.4. The first kappa shape index (κ1) is 39.9. The Balaban J connectivity index is 1.70. The van der Waals surface area contributed by atoms with Crippen LogP contribution < -0.4 is 26.0 Å². The lowest BCUT2D eigenvalue weighted by Crippen LogP contribution is -2.54. The van der Waals surface area contributed by atoms with Gasteiger partial charge in [0.25, 0.3) is 0 Å². The predicted molar refractivity (Wildman–Crippen MR) is 195 cm³/mol. The van der Waals surface area contributed by atoms with Crippen molar-refractivity contribution < 1.29 is 32.3 Å². The molecule has 4 N–H and O–H groups in total. The molecule has 4 rings (SSSR count). The van der Waals surface area contributed by atoms with Crippen molar-refractivity contribution in [2.75, 3.05) is 26.7 Å². The minimum absolute atomic E-state index is 0.0159. The number of amides is 4. The summed E-state index contributed by atoms with van der Waals surface area (Å²) < 4.78 is 36.4. The number of sulfonamides is 1. The van der Waals surface area contributed by atoms with Crippen LogP contribution in [0.5, 0.6) is 5.75 Å². The molecular formula is C36H50N8O7S. The standard InChI is InChI=1S/C36H50N8O7S/c1-21(2)17-28-36(48)39-25(6)34-41-33(27-13-10-9-11-14-27)42-44(34)20-30(45)37-15-12-16-43(19-31(46)38-26(7)35(47)40-28)52(49,50)32-22(3)18-29(51-8)23(4)24(32)5/h9-11,13-14,18,21,25-26,28H,12,15-17,19-20H2,1-8H3,(H,37,45)(H,38,46)(H,39,48)(H,40,47)/t25-,26+,28+/m0/s1. The monoisotopic (exact) mass is 738 g/mol. The molecule has 15 nitrogen and oxygen atoms in total. The van der Waals surface area contributed by atoms with Gasteiger partial charge in [0.05, 0.1) is 24.6 Å². The Kier molecular flexibility index (Phi) is 13.2. The Labute approximate surface area is 305 Å². The van der Waals surface area contributed by atoms with E-state index in [1.54, 1.807) is 33.8 Å². The summed E-state index contributed by atoms with van der Waals surface area (Å²) >= 11 is 0. The third-order valence-corrected chi connectivity index (χ3v) is 11.0. The predicted octanol–water partition coefficient (Wildman–Crippen LogP) is 2.30. The second-order valence-electron chi connectivity index (χ2n) is 13.5. The van der Waals surface area contributed by atoms with Crippen LogP contribution in [-0.4, -0.2) is 89.9 Å². The van der Waals surface area contributed by atoms with Crippen LogP contribution in [-0.2, 0) is 35.7 Å². The molecule has 2 aromatic carbocycles. The van der Waals surface area contributed by atoms with Gasteiger partial charge in [-0.1, -0.05) is 44.2 Å². The zero-order valence-corrected chi connectivity index (χ0v) is 31.9. The van der Waals surface area contributed by atoms with Gasteiger partial charge in [0.2, 0.25) is 33.7 Å². The number of aromatic nitrogens is 3. The maximum atomic E-state index is 14.2. The topological polar surface area (TPSA) is 194 Å². The van der Waals surface area contributed by atoms with Crippen LogP contribution in [0.15, 0.2) is 41.3 Å². The number of nitrogens with one attached hydrogen (secondary N) is 4. The van der Waals surface area contributed by atoms with E-state index < -0.39 is 58.3 Å². The normalized spacial score (nSPS) is 20.4. The van der Waals surface area contributed by atoms with E-state index in [1.165, 1.54) is 18.7 Å². The number of carbonyl (C=O) groups excluding carboxylic acids is 4. The first-order chi connectivity index (χ1) is 24.5. The molecule has 4 amide bonds. The first-order valence-corrected chi connectivity index (χ1v) is 18.8. The summed E-state index contributed by atoms with van der Waals surface area (Å²) in [7, 11) is -2.75. The number of ether oxygens (including phenoxy) is 1. The quantitative estimate of drug-likeness (QED) is 0.294. The van der Waals surface area contributed by atoms with Gasteiger partial charge in [-0.15, -0.1) is 0 Å². The molecule has 0 unspecified atom stereocenters. The molecular weight excluding hydrogens is 689 g/mol. The molecule has 16 heteroatoms. The fourth-order valence-electron chi connectivity index (χ4n) is 6.11. The Hall–Kier alpha value is -4.83. The highest BCUT2D eigenvalue weighted by molar-refractivity contribution is 7.89. The Bertz CT molecular complexity index is 1900. The molecule has 0 bridgehead atoms. The van der Waals surface area contributed by atoms with Crippen molar-refractivity contribution in [2.45, 2.75) is 90.9 Å². The van der Waals surface area contributed by atoms with Crippen LogP contribution in [0, 0.1) is 26.7 Å². The highest BCUT2D eigenvalue weighted by Crippen LogP contribution is 2.32. The van der Waals surface area contributed by atoms with Gasteiger partial charge in [-0.25, -0.2) is 18.1 Å². The van der Waals surface area contributed by atoms with Crippen LogP contribution in [0.4, 0.5) is 0 Å². The fourth-order valence-corrected chi connectivity index (χ4v) is 8.03. The molecule has 2 heterocycles. The van der Waals surface area contributed by atoms with Crippen LogP contribution in [0.3, 0.4) is 0 Å². The summed E-state index contributed by atoms with van der Waals surface area (Å²) in [6, 6.07) is 8.08. The van der Waals surface area contributed by atoms with E-state index in [0.29, 0.717) is 40.5 Å². The zero-order valence-electron chi connectivity index (χ0n) is 31.1. The smallest absolute Gasteiger partial charge is 0.244 e. The van der Waals surface area contributed by atoms with E-state index in [1.807, 2.05) is 44.2 Å². The number of rotatable bonds is 6. The molecule has 1 aliphatic rings. The number of aryl methyl sites for hydroxylation is 1. The number of methoxy groups -OCH3 is 1. The Morgan fingerprint density at radius 1 is 0.904 bits per heavy atom. The molecule has 0 saturated carbocycles. The summed E-state index contributed by atoms with van der Waals surface area (Å²) in [5.74, 6) is -0.975. The fraction of sp³-hybridized carbons (Fsp3) is 0.500. The van der Waals surface area contributed by atoms with Crippen molar-refractivity contribution in [1.29, 1.82) is 0 Å². The number of nitrogens with zero attached hydrogens (tertiary/aromatic N) is 4. The van der Waals surface area contributed by atoms with Gasteiger partial charge < -0.3 is 26.0 Å². The number of benzene rings is 2. The minimum atomic E-state index is -4.25. The molecule has 3 aromatic rings. The van der Waals surface area contributed by atoms with Crippen molar-refractivity contribution >= 4 is 33.7 Å². The summed E-state index contributed by atoms with van der Waals surface area (Å²) in [6.45, 7) is 11.3. The maximum absolute atomic E-state index is 14.2. The van der Waals surface area contributed by atoms with Crippen LogP contribution in [0.2, 0.25) is 0 Å². The summed E-state index contributed by atoms with van der Waals surface area (Å²) in [5, 5.41) is 15.6. The largest absolute Gasteiger partial charge is 0.496 e. The van der Waals surface area contributed by atoms with E-state index >= 15 is 0 Å². The van der Waals surface area contributed by atoms with Crippen LogP contribution in [0.1, 0.15) is 69.1 Å². The van der Waals surface area contributed by atoms with E-state index in [0.717, 1.165) is 9.87 Å². The molecule has 282 valence electrons. The van der Waals surface area contributed by atoms with Crippen LogP contribution in [0.25, 0.3) is 11.4 Å². The molecule has 0 saturated heterocycles. The second kappa shape index (κ2) is 17.1. The van der Waals surface area contributed by atoms with Gasteiger partial charge in [-0.3, -0.25) is 19.2 Å². The van der Waals surface area contributed by atoms with Crippen LogP contribution >= 0.6 is 0 Å². The van der Waals surface area contributed by atoms with E-state index in [2.05, 4.69) is 31.3 Å². The Morgan fingerprint density at radius 3 is 2.25 bits per heavy atom. The van der Waals surface area contributed by atoms with Gasteiger partial charge in [0.1, 0.15) is 30.2 Å². The summed E-state index contributed by atoms with van der Waals surface area (Å²) in [5.41, 5.74) is 2.29. The van der Waals surface area contributed by atoms with E-state index in [-0.39, 0.29) is 36.9 Å². The van der Waals surface area contributed by atoms with Crippen molar-refractivity contribution in [1.82, 2.24) is 40.3 Å². The average Bonchev–Trinajstić information content (AvgIpc) is 3.50. The lowest BCUT2D eigenvalue weighted by atomic mass is 10.0. The highest BCUT2D eigenvalue weighted by atomic mass is 32.2. The average molecular weight is 739 g/mol.